The Bertz CT molecular complexity index is 440. The zero-order valence-electron chi connectivity index (χ0n) is 8.86. The Morgan fingerprint density at radius 2 is 2.00 bits per heavy atom. The molecule has 5 heteroatoms. The van der Waals surface area contributed by atoms with E-state index in [9.17, 15) is 8.42 Å². The molecule has 0 aliphatic rings. The van der Waals surface area contributed by atoms with E-state index in [1.165, 1.54) is 6.07 Å². The third-order valence-corrected chi connectivity index (χ3v) is 3.79. The molecular weight excluding hydrogens is 214 g/mol. The number of nitrogens with two attached hydrogens (primary N) is 1. The smallest absolute Gasteiger partial charge is 0.180 e. The highest BCUT2D eigenvalue weighted by Gasteiger charge is 2.15. The summed E-state index contributed by atoms with van der Waals surface area (Å²) in [4.78, 5) is 0.149. The molecule has 0 radical (unpaired) electrons. The maximum absolute atomic E-state index is 11.6. The van der Waals surface area contributed by atoms with E-state index in [0.29, 0.717) is 12.4 Å². The topological polar surface area (TPSA) is 69.4 Å². The first-order chi connectivity index (χ1) is 7.01. The minimum Gasteiger partial charge on any atom is -0.494 e. The van der Waals surface area contributed by atoms with Gasteiger partial charge >= 0.3 is 0 Å². The monoisotopic (exact) mass is 229 g/mol. The van der Waals surface area contributed by atoms with Crippen LogP contribution in [0.2, 0.25) is 0 Å². The lowest BCUT2D eigenvalue weighted by atomic mass is 10.3. The molecule has 0 aliphatic heterocycles. The van der Waals surface area contributed by atoms with Crippen molar-refractivity contribution in [2.45, 2.75) is 18.7 Å². The minimum absolute atomic E-state index is 0.0345. The van der Waals surface area contributed by atoms with Crippen LogP contribution in [-0.4, -0.2) is 20.8 Å². The molecule has 1 aromatic carbocycles. The number of ether oxygens (including phenoxy) is 1. The van der Waals surface area contributed by atoms with Gasteiger partial charge in [0.2, 0.25) is 0 Å². The lowest BCUT2D eigenvalue weighted by Crippen LogP contribution is -2.07. The van der Waals surface area contributed by atoms with E-state index in [1.807, 2.05) is 6.92 Å². The second kappa shape index (κ2) is 4.53. The minimum atomic E-state index is -3.27. The van der Waals surface area contributed by atoms with Gasteiger partial charge in [0.25, 0.3) is 0 Å². The second-order valence-electron chi connectivity index (χ2n) is 3.04. The summed E-state index contributed by atoms with van der Waals surface area (Å²) in [7, 11) is -3.27. The Hall–Kier alpha value is -1.23. The van der Waals surface area contributed by atoms with E-state index in [4.69, 9.17) is 10.5 Å². The van der Waals surface area contributed by atoms with Crippen LogP contribution in [-0.2, 0) is 9.84 Å². The van der Waals surface area contributed by atoms with Crippen molar-refractivity contribution < 1.29 is 13.2 Å². The molecule has 0 bridgehead atoms. The fourth-order valence-corrected chi connectivity index (χ4v) is 2.23. The number of anilines is 1. The summed E-state index contributed by atoms with van der Waals surface area (Å²) in [6, 6.07) is 4.68. The molecule has 0 saturated heterocycles. The van der Waals surface area contributed by atoms with Crippen LogP contribution in [0, 0.1) is 0 Å². The Morgan fingerprint density at radius 3 is 2.53 bits per heavy atom. The van der Waals surface area contributed by atoms with Crippen molar-refractivity contribution in [1.82, 2.24) is 0 Å². The molecule has 1 rings (SSSR count). The van der Waals surface area contributed by atoms with Crippen LogP contribution in [0.5, 0.6) is 5.75 Å². The zero-order chi connectivity index (χ0) is 11.5. The van der Waals surface area contributed by atoms with E-state index in [1.54, 1.807) is 19.1 Å². The molecule has 0 unspecified atom stereocenters. The third kappa shape index (κ3) is 2.62. The van der Waals surface area contributed by atoms with Gasteiger partial charge in [0.05, 0.1) is 22.9 Å². The lowest BCUT2D eigenvalue weighted by Gasteiger charge is -2.08. The predicted molar refractivity (Wildman–Crippen MR) is 59.8 cm³/mol. The van der Waals surface area contributed by atoms with Gasteiger partial charge in [0.15, 0.2) is 9.84 Å². The standard InChI is InChI=1S/C10H15NO3S/c1-3-14-8-5-6-9(11)10(7-8)15(12,13)4-2/h5-7H,3-4,11H2,1-2H3. The molecule has 84 valence electrons. The van der Waals surface area contributed by atoms with E-state index in [0.717, 1.165) is 0 Å². The molecule has 0 saturated carbocycles. The molecule has 2 N–H and O–H groups in total. The average Bonchev–Trinajstić information content (AvgIpc) is 2.21. The van der Waals surface area contributed by atoms with Crippen molar-refractivity contribution in [2.24, 2.45) is 0 Å². The van der Waals surface area contributed by atoms with Crippen molar-refractivity contribution in [3.05, 3.63) is 18.2 Å². The van der Waals surface area contributed by atoms with Crippen LogP contribution in [0.25, 0.3) is 0 Å². The second-order valence-corrected chi connectivity index (χ2v) is 5.28. The first-order valence-electron chi connectivity index (χ1n) is 4.76. The number of rotatable bonds is 4. The molecule has 0 aromatic heterocycles. The van der Waals surface area contributed by atoms with Crippen molar-refractivity contribution in [3.8, 4) is 5.75 Å². The fraction of sp³-hybridized carbons (Fsp3) is 0.400. The highest BCUT2D eigenvalue weighted by Crippen LogP contribution is 2.24. The summed E-state index contributed by atoms with van der Waals surface area (Å²) < 4.78 is 28.5. The molecule has 4 nitrogen and oxygen atoms in total. The summed E-state index contributed by atoms with van der Waals surface area (Å²) in [6.45, 7) is 3.92. The largest absolute Gasteiger partial charge is 0.494 e. The molecule has 1 aromatic rings. The molecule has 0 aliphatic carbocycles. The summed E-state index contributed by atoms with van der Waals surface area (Å²) in [6.07, 6.45) is 0. The fourth-order valence-electron chi connectivity index (χ4n) is 1.20. The van der Waals surface area contributed by atoms with E-state index < -0.39 is 9.84 Å². The molecule has 0 fully saturated rings. The molecule has 0 amide bonds. The van der Waals surface area contributed by atoms with Crippen LogP contribution in [0.3, 0.4) is 0 Å². The van der Waals surface area contributed by atoms with Crippen LogP contribution in [0.4, 0.5) is 5.69 Å². The Balaban J connectivity index is 3.23. The van der Waals surface area contributed by atoms with E-state index in [-0.39, 0.29) is 16.3 Å². The Morgan fingerprint density at radius 1 is 1.33 bits per heavy atom. The van der Waals surface area contributed by atoms with Crippen molar-refractivity contribution in [3.63, 3.8) is 0 Å². The normalized spacial score (nSPS) is 11.3. The van der Waals surface area contributed by atoms with Gasteiger partial charge in [-0.1, -0.05) is 6.92 Å². The summed E-state index contributed by atoms with van der Waals surface area (Å²) >= 11 is 0. The van der Waals surface area contributed by atoms with Crippen LogP contribution in [0.15, 0.2) is 23.1 Å². The lowest BCUT2D eigenvalue weighted by molar-refractivity contribution is 0.339. The number of nitrogen functional groups attached to an aromatic ring is 1. The van der Waals surface area contributed by atoms with E-state index in [2.05, 4.69) is 0 Å². The number of benzene rings is 1. The van der Waals surface area contributed by atoms with Gasteiger partial charge in [0.1, 0.15) is 5.75 Å². The molecular formula is C10H15NO3S. The molecule has 15 heavy (non-hydrogen) atoms. The highest BCUT2D eigenvalue weighted by atomic mass is 32.2. The maximum Gasteiger partial charge on any atom is 0.180 e. The Kier molecular flexibility index (Phi) is 3.57. The van der Waals surface area contributed by atoms with Crippen LogP contribution >= 0.6 is 0 Å². The van der Waals surface area contributed by atoms with Gasteiger partial charge in [-0.25, -0.2) is 8.42 Å². The van der Waals surface area contributed by atoms with Gasteiger partial charge in [-0.3, -0.25) is 0 Å². The summed E-state index contributed by atoms with van der Waals surface area (Å²) in [5.74, 6) is 0.561. The number of hydrogen-bond donors (Lipinski definition) is 1. The average molecular weight is 229 g/mol. The van der Waals surface area contributed by atoms with Gasteiger partial charge in [-0.2, -0.15) is 0 Å². The molecule has 0 heterocycles. The molecule has 0 spiro atoms. The zero-order valence-corrected chi connectivity index (χ0v) is 9.67. The summed E-state index contributed by atoms with van der Waals surface area (Å²) in [5, 5.41) is 0. The van der Waals surface area contributed by atoms with Gasteiger partial charge in [-0.05, 0) is 19.1 Å². The quantitative estimate of drug-likeness (QED) is 0.793. The number of sulfone groups is 1. The Labute approximate surface area is 90.0 Å². The highest BCUT2D eigenvalue weighted by molar-refractivity contribution is 7.91. The summed E-state index contributed by atoms with van der Waals surface area (Å²) in [5.41, 5.74) is 5.88. The first-order valence-corrected chi connectivity index (χ1v) is 6.41. The van der Waals surface area contributed by atoms with Crippen molar-refractivity contribution in [1.29, 1.82) is 0 Å². The van der Waals surface area contributed by atoms with Gasteiger partial charge < -0.3 is 10.5 Å². The predicted octanol–water partition coefficient (Wildman–Crippen LogP) is 1.46. The number of hydrogen-bond acceptors (Lipinski definition) is 4. The SMILES string of the molecule is CCOc1ccc(N)c(S(=O)(=O)CC)c1. The molecule has 0 atom stereocenters. The maximum atomic E-state index is 11.6. The first kappa shape index (κ1) is 11.8. The van der Waals surface area contributed by atoms with Gasteiger partial charge in [0, 0.05) is 6.07 Å². The van der Waals surface area contributed by atoms with Crippen LogP contribution < -0.4 is 10.5 Å². The third-order valence-electron chi connectivity index (χ3n) is 2.01. The van der Waals surface area contributed by atoms with Crippen molar-refractivity contribution in [2.75, 3.05) is 18.1 Å². The van der Waals surface area contributed by atoms with Gasteiger partial charge in [-0.15, -0.1) is 0 Å². The van der Waals surface area contributed by atoms with Crippen LogP contribution in [0.1, 0.15) is 13.8 Å². The van der Waals surface area contributed by atoms with E-state index >= 15 is 0 Å². The van der Waals surface area contributed by atoms with Crippen molar-refractivity contribution >= 4 is 15.5 Å².